The van der Waals surface area contributed by atoms with Crippen LogP contribution in [0.4, 0.5) is 5.69 Å². The number of non-ortho nitro benzene ring substituents is 1. The van der Waals surface area contributed by atoms with Crippen LogP contribution in [0.3, 0.4) is 0 Å². The number of pyridine rings is 1. The van der Waals surface area contributed by atoms with E-state index < -0.39 is 4.92 Å². The molecule has 0 spiro atoms. The number of benzene rings is 1. The molecule has 2 aromatic rings. The van der Waals surface area contributed by atoms with Crippen LogP contribution >= 0.6 is 0 Å². The van der Waals surface area contributed by atoms with Crippen LogP contribution in [0.2, 0.25) is 0 Å². The minimum Gasteiger partial charge on any atom is -0.485 e. The Kier molecular flexibility index (Phi) is 12.2. The number of aromatic nitrogens is 1. The standard InChI is InChI=1S/C29H42N2O5/c1-6-8-9-10-11-12-19-35-28-27(36-20-18-23(5)15-13-14-22(3)4)25-17-16-24(31(33)34)21-26(25)30(7-2)29(28)32/h14,16-18,21H,6-13,15,19-20H2,1-5H3. The van der Waals surface area contributed by atoms with Gasteiger partial charge in [0.1, 0.15) is 6.61 Å². The number of nitrogens with zero attached hydrogens (tertiary/aromatic N) is 2. The zero-order chi connectivity index (χ0) is 26.5. The van der Waals surface area contributed by atoms with Crippen molar-refractivity contribution in [2.24, 2.45) is 0 Å². The number of unbranched alkanes of at least 4 members (excludes halogenated alkanes) is 5. The Bertz CT molecular complexity index is 1130. The Balaban J connectivity index is 2.34. The molecule has 7 heteroatoms. The molecule has 198 valence electrons. The van der Waals surface area contributed by atoms with E-state index in [0.29, 0.717) is 29.8 Å². The van der Waals surface area contributed by atoms with Crippen LogP contribution in [0.1, 0.15) is 86.0 Å². The normalized spacial score (nSPS) is 11.5. The van der Waals surface area contributed by atoms with Gasteiger partial charge in [-0.05, 0) is 59.1 Å². The maximum atomic E-state index is 13.4. The average molecular weight is 499 g/mol. The van der Waals surface area contributed by atoms with E-state index in [1.54, 1.807) is 6.07 Å². The van der Waals surface area contributed by atoms with Crippen molar-refractivity contribution < 1.29 is 14.4 Å². The van der Waals surface area contributed by atoms with Crippen LogP contribution in [0.25, 0.3) is 10.9 Å². The van der Waals surface area contributed by atoms with Gasteiger partial charge in [-0.1, -0.05) is 56.3 Å². The van der Waals surface area contributed by atoms with E-state index in [-0.39, 0.29) is 23.6 Å². The third-order valence-corrected chi connectivity index (χ3v) is 6.18. The van der Waals surface area contributed by atoms with Crippen LogP contribution in [-0.4, -0.2) is 22.7 Å². The highest BCUT2D eigenvalue weighted by molar-refractivity contribution is 5.89. The van der Waals surface area contributed by atoms with E-state index in [1.807, 2.05) is 13.0 Å². The summed E-state index contributed by atoms with van der Waals surface area (Å²) in [5.41, 5.74) is 2.58. The van der Waals surface area contributed by atoms with Crippen molar-refractivity contribution >= 4 is 16.6 Å². The Labute approximate surface area is 215 Å². The quantitative estimate of drug-likeness (QED) is 0.102. The molecule has 0 aliphatic heterocycles. The maximum absolute atomic E-state index is 13.4. The summed E-state index contributed by atoms with van der Waals surface area (Å²) in [6.45, 7) is 11.4. The van der Waals surface area contributed by atoms with Crippen LogP contribution in [0.15, 0.2) is 46.3 Å². The van der Waals surface area contributed by atoms with Crippen molar-refractivity contribution in [1.82, 2.24) is 4.57 Å². The molecule has 2 rings (SSSR count). The lowest BCUT2D eigenvalue weighted by Crippen LogP contribution is -2.23. The third kappa shape index (κ3) is 8.54. The first-order valence-electron chi connectivity index (χ1n) is 13.2. The predicted octanol–water partition coefficient (Wildman–Crippen LogP) is 7.74. The summed E-state index contributed by atoms with van der Waals surface area (Å²) in [5, 5.41) is 12.0. The van der Waals surface area contributed by atoms with E-state index in [1.165, 1.54) is 47.1 Å². The van der Waals surface area contributed by atoms with Gasteiger partial charge in [0.15, 0.2) is 5.75 Å². The Morgan fingerprint density at radius 2 is 1.72 bits per heavy atom. The van der Waals surface area contributed by atoms with Gasteiger partial charge in [-0.25, -0.2) is 0 Å². The first-order valence-corrected chi connectivity index (χ1v) is 13.2. The summed E-state index contributed by atoms with van der Waals surface area (Å²) in [5.74, 6) is 0.538. The largest absolute Gasteiger partial charge is 0.485 e. The number of aryl methyl sites for hydroxylation is 1. The number of nitro groups is 1. The van der Waals surface area contributed by atoms with Gasteiger partial charge in [-0.15, -0.1) is 0 Å². The second kappa shape index (κ2) is 15.1. The van der Waals surface area contributed by atoms with Crippen molar-refractivity contribution in [1.29, 1.82) is 0 Å². The molecular weight excluding hydrogens is 456 g/mol. The van der Waals surface area contributed by atoms with Crippen LogP contribution in [0, 0.1) is 10.1 Å². The minimum atomic E-state index is -0.452. The smallest absolute Gasteiger partial charge is 0.297 e. The Morgan fingerprint density at radius 1 is 1.00 bits per heavy atom. The van der Waals surface area contributed by atoms with Crippen molar-refractivity contribution in [3.63, 3.8) is 0 Å². The van der Waals surface area contributed by atoms with Gasteiger partial charge in [0, 0.05) is 24.1 Å². The molecule has 1 aromatic carbocycles. The molecule has 0 amide bonds. The van der Waals surface area contributed by atoms with Crippen LogP contribution < -0.4 is 15.0 Å². The van der Waals surface area contributed by atoms with Gasteiger partial charge >= 0.3 is 0 Å². The highest BCUT2D eigenvalue weighted by Crippen LogP contribution is 2.35. The van der Waals surface area contributed by atoms with Gasteiger partial charge in [0.25, 0.3) is 11.2 Å². The molecule has 1 aromatic heterocycles. The molecule has 0 N–H and O–H groups in total. The first-order chi connectivity index (χ1) is 17.3. The summed E-state index contributed by atoms with van der Waals surface area (Å²) < 4.78 is 13.7. The summed E-state index contributed by atoms with van der Waals surface area (Å²) in [6, 6.07) is 4.53. The van der Waals surface area contributed by atoms with Crippen molar-refractivity contribution in [3.05, 3.63) is 62.0 Å². The van der Waals surface area contributed by atoms with E-state index in [2.05, 4.69) is 33.8 Å². The molecule has 0 aliphatic rings. The van der Waals surface area contributed by atoms with Gasteiger partial charge in [0.05, 0.1) is 17.0 Å². The lowest BCUT2D eigenvalue weighted by molar-refractivity contribution is -0.384. The number of ether oxygens (including phenoxy) is 2. The zero-order valence-corrected chi connectivity index (χ0v) is 22.6. The maximum Gasteiger partial charge on any atom is 0.297 e. The number of fused-ring (bicyclic) bond motifs is 1. The van der Waals surface area contributed by atoms with Gasteiger partial charge in [-0.2, -0.15) is 0 Å². The van der Waals surface area contributed by atoms with Crippen LogP contribution in [0.5, 0.6) is 11.5 Å². The summed E-state index contributed by atoms with van der Waals surface area (Å²) in [4.78, 5) is 24.3. The molecule has 0 saturated heterocycles. The predicted molar refractivity (Wildman–Crippen MR) is 147 cm³/mol. The molecular formula is C29H42N2O5. The monoisotopic (exact) mass is 498 g/mol. The summed E-state index contributed by atoms with van der Waals surface area (Å²) in [6.07, 6.45) is 12.8. The fourth-order valence-electron chi connectivity index (χ4n) is 4.10. The number of hydrogen-bond acceptors (Lipinski definition) is 5. The van der Waals surface area contributed by atoms with E-state index in [9.17, 15) is 14.9 Å². The number of nitro benzene ring substituents is 1. The van der Waals surface area contributed by atoms with Gasteiger partial charge < -0.3 is 14.0 Å². The highest BCUT2D eigenvalue weighted by atomic mass is 16.6. The second-order valence-electron chi connectivity index (χ2n) is 9.46. The molecule has 0 aliphatic carbocycles. The van der Waals surface area contributed by atoms with Crippen molar-refractivity contribution in [2.45, 2.75) is 92.5 Å². The molecule has 1 heterocycles. The minimum absolute atomic E-state index is 0.0641. The molecule has 0 bridgehead atoms. The molecule has 0 atom stereocenters. The van der Waals surface area contributed by atoms with Gasteiger partial charge in [-0.3, -0.25) is 14.9 Å². The number of allylic oxidation sites excluding steroid dienone is 3. The van der Waals surface area contributed by atoms with Crippen LogP contribution in [-0.2, 0) is 6.54 Å². The summed E-state index contributed by atoms with van der Waals surface area (Å²) in [7, 11) is 0. The fraction of sp³-hybridized carbons (Fsp3) is 0.552. The molecule has 0 unspecified atom stereocenters. The molecule has 0 fully saturated rings. The van der Waals surface area contributed by atoms with E-state index in [4.69, 9.17) is 9.47 Å². The van der Waals surface area contributed by atoms with Crippen molar-refractivity contribution in [3.8, 4) is 11.5 Å². The topological polar surface area (TPSA) is 83.6 Å². The second-order valence-corrected chi connectivity index (χ2v) is 9.46. The molecule has 0 saturated carbocycles. The zero-order valence-electron chi connectivity index (χ0n) is 22.6. The highest BCUT2D eigenvalue weighted by Gasteiger charge is 2.21. The molecule has 7 nitrogen and oxygen atoms in total. The van der Waals surface area contributed by atoms with Crippen molar-refractivity contribution in [2.75, 3.05) is 13.2 Å². The lowest BCUT2D eigenvalue weighted by atomic mass is 10.1. The number of rotatable bonds is 16. The third-order valence-electron chi connectivity index (χ3n) is 6.18. The Hall–Kier alpha value is -3.09. The SMILES string of the molecule is CCCCCCCCOc1c(OCC=C(C)CCC=C(C)C)c2ccc([N+](=O)[O-])cc2n(CC)c1=O. The average Bonchev–Trinajstić information content (AvgIpc) is 2.84. The van der Waals surface area contributed by atoms with E-state index >= 15 is 0 Å². The summed E-state index contributed by atoms with van der Waals surface area (Å²) >= 11 is 0. The first kappa shape index (κ1) is 29.1. The van der Waals surface area contributed by atoms with E-state index in [0.717, 1.165) is 32.1 Å². The lowest BCUT2D eigenvalue weighted by Gasteiger charge is -2.17. The molecule has 36 heavy (non-hydrogen) atoms. The number of hydrogen-bond donors (Lipinski definition) is 0. The Morgan fingerprint density at radius 3 is 2.39 bits per heavy atom. The van der Waals surface area contributed by atoms with Gasteiger partial charge in [0.2, 0.25) is 5.75 Å². The molecule has 0 radical (unpaired) electrons. The fourth-order valence-corrected chi connectivity index (χ4v) is 4.10.